The number of allylic oxidation sites excluding steroid dienone is 2. The number of nitrogens with zero attached hydrogens (tertiary/aromatic N) is 2. The number of benzene rings is 1. The second-order valence-electron chi connectivity index (χ2n) is 7.15. The highest BCUT2D eigenvalue weighted by atomic mass is 32.2. The van der Waals surface area contributed by atoms with Gasteiger partial charge in [0.15, 0.2) is 9.84 Å². The van der Waals surface area contributed by atoms with Crippen LogP contribution in [-0.2, 0) is 9.84 Å². The maximum Gasteiger partial charge on any atom is 0.177 e. The number of aromatic nitrogens is 1. The summed E-state index contributed by atoms with van der Waals surface area (Å²) in [6, 6.07) is 13.3. The SMILES string of the molecule is CS(=O)(=O)c1ccc(C2=C(c3ccc(C#N)cc3)CC3(CC3)C2)nc1. The van der Waals surface area contributed by atoms with E-state index < -0.39 is 9.84 Å². The van der Waals surface area contributed by atoms with Crippen molar-refractivity contribution in [3.05, 3.63) is 59.4 Å². The van der Waals surface area contributed by atoms with E-state index >= 15 is 0 Å². The standard InChI is InChI=1S/C20H18N2O2S/c1-25(23,24)16-6-7-19(22-13-16)18-11-20(8-9-20)10-17(18)15-4-2-14(12-21)3-5-15/h2-7,13H,8-11H2,1H3. The molecule has 0 bridgehead atoms. The van der Waals surface area contributed by atoms with Gasteiger partial charge in [-0.05, 0) is 72.1 Å². The van der Waals surface area contributed by atoms with Crippen molar-refractivity contribution >= 4 is 21.0 Å². The van der Waals surface area contributed by atoms with Crippen molar-refractivity contribution in [1.82, 2.24) is 4.98 Å². The molecule has 1 fully saturated rings. The van der Waals surface area contributed by atoms with Gasteiger partial charge >= 0.3 is 0 Å². The molecule has 2 aromatic rings. The van der Waals surface area contributed by atoms with Gasteiger partial charge in [-0.1, -0.05) is 12.1 Å². The lowest BCUT2D eigenvalue weighted by atomic mass is 9.98. The lowest BCUT2D eigenvalue weighted by Crippen LogP contribution is -1.99. The number of nitriles is 1. The van der Waals surface area contributed by atoms with Gasteiger partial charge < -0.3 is 0 Å². The molecular weight excluding hydrogens is 332 g/mol. The molecule has 25 heavy (non-hydrogen) atoms. The summed E-state index contributed by atoms with van der Waals surface area (Å²) in [5.74, 6) is 0. The van der Waals surface area contributed by atoms with Crippen LogP contribution in [0.4, 0.5) is 0 Å². The van der Waals surface area contributed by atoms with Crippen LogP contribution in [0.5, 0.6) is 0 Å². The molecule has 1 spiro atoms. The van der Waals surface area contributed by atoms with E-state index in [1.807, 2.05) is 30.3 Å². The van der Waals surface area contributed by atoms with Crippen LogP contribution in [0.15, 0.2) is 47.5 Å². The van der Waals surface area contributed by atoms with Crippen molar-refractivity contribution in [2.75, 3.05) is 6.26 Å². The van der Waals surface area contributed by atoms with Crippen LogP contribution in [0.3, 0.4) is 0 Å². The number of rotatable bonds is 3. The summed E-state index contributed by atoms with van der Waals surface area (Å²) in [5.41, 5.74) is 5.50. The van der Waals surface area contributed by atoms with E-state index in [4.69, 9.17) is 5.26 Å². The van der Waals surface area contributed by atoms with E-state index in [9.17, 15) is 8.42 Å². The lowest BCUT2D eigenvalue weighted by Gasteiger charge is -2.08. The van der Waals surface area contributed by atoms with Crippen molar-refractivity contribution in [2.45, 2.75) is 30.6 Å². The Morgan fingerprint density at radius 3 is 2.24 bits per heavy atom. The van der Waals surface area contributed by atoms with Crippen molar-refractivity contribution in [1.29, 1.82) is 5.26 Å². The fourth-order valence-electron chi connectivity index (χ4n) is 3.60. The third kappa shape index (κ3) is 2.98. The van der Waals surface area contributed by atoms with Crippen LogP contribution in [0.25, 0.3) is 11.1 Å². The maximum atomic E-state index is 11.6. The molecule has 126 valence electrons. The lowest BCUT2D eigenvalue weighted by molar-refractivity contribution is 0.567. The fraction of sp³-hybridized carbons (Fsp3) is 0.300. The molecule has 1 aromatic heterocycles. The number of sulfone groups is 1. The predicted octanol–water partition coefficient (Wildman–Crippen LogP) is 3.84. The van der Waals surface area contributed by atoms with Gasteiger partial charge in [-0.2, -0.15) is 5.26 Å². The predicted molar refractivity (Wildman–Crippen MR) is 96.2 cm³/mol. The average molecular weight is 350 g/mol. The third-order valence-electron chi connectivity index (χ3n) is 5.26. The molecule has 0 aliphatic heterocycles. The normalized spacial score (nSPS) is 18.4. The van der Waals surface area contributed by atoms with Crippen LogP contribution in [-0.4, -0.2) is 19.7 Å². The molecule has 0 atom stereocenters. The van der Waals surface area contributed by atoms with Gasteiger partial charge in [0.25, 0.3) is 0 Å². The second kappa shape index (κ2) is 5.53. The molecule has 0 unspecified atom stereocenters. The summed E-state index contributed by atoms with van der Waals surface area (Å²) in [6.07, 6.45) is 7.14. The van der Waals surface area contributed by atoms with Crippen molar-refractivity contribution < 1.29 is 8.42 Å². The Morgan fingerprint density at radius 1 is 1.04 bits per heavy atom. The monoisotopic (exact) mass is 350 g/mol. The molecule has 4 nitrogen and oxygen atoms in total. The van der Waals surface area contributed by atoms with E-state index in [-0.39, 0.29) is 4.90 Å². The molecule has 1 heterocycles. The summed E-state index contributed by atoms with van der Waals surface area (Å²) >= 11 is 0. The topological polar surface area (TPSA) is 70.8 Å². The van der Waals surface area contributed by atoms with Gasteiger partial charge in [-0.3, -0.25) is 4.98 Å². The minimum Gasteiger partial charge on any atom is -0.255 e. The number of hydrogen-bond donors (Lipinski definition) is 0. The fourth-order valence-corrected chi connectivity index (χ4v) is 4.16. The minimum absolute atomic E-state index is 0.246. The van der Waals surface area contributed by atoms with Gasteiger partial charge in [-0.15, -0.1) is 0 Å². The van der Waals surface area contributed by atoms with Crippen LogP contribution in [0, 0.1) is 16.7 Å². The Kier molecular flexibility index (Phi) is 3.55. The molecular formula is C20H18N2O2S. The summed E-state index contributed by atoms with van der Waals surface area (Å²) in [6.45, 7) is 0. The smallest absolute Gasteiger partial charge is 0.177 e. The molecule has 0 saturated heterocycles. The van der Waals surface area contributed by atoms with Gasteiger partial charge in [0.1, 0.15) is 0 Å². The van der Waals surface area contributed by atoms with Gasteiger partial charge in [-0.25, -0.2) is 8.42 Å². The Bertz CT molecular complexity index is 1010. The van der Waals surface area contributed by atoms with E-state index in [1.54, 1.807) is 6.07 Å². The van der Waals surface area contributed by atoms with E-state index in [2.05, 4.69) is 11.1 Å². The molecule has 0 N–H and O–H groups in total. The first-order chi connectivity index (χ1) is 11.9. The Balaban J connectivity index is 1.76. The largest absolute Gasteiger partial charge is 0.255 e. The van der Waals surface area contributed by atoms with Crippen LogP contribution in [0.1, 0.15) is 42.5 Å². The summed E-state index contributed by atoms with van der Waals surface area (Å²) < 4.78 is 23.3. The maximum absolute atomic E-state index is 11.6. The minimum atomic E-state index is -3.24. The highest BCUT2D eigenvalue weighted by molar-refractivity contribution is 7.90. The second-order valence-corrected chi connectivity index (χ2v) is 9.17. The summed E-state index contributed by atoms with van der Waals surface area (Å²) in [7, 11) is -3.24. The zero-order chi connectivity index (χ0) is 17.7. The molecule has 1 saturated carbocycles. The molecule has 1 aromatic carbocycles. The van der Waals surface area contributed by atoms with Gasteiger partial charge in [0, 0.05) is 12.5 Å². The third-order valence-corrected chi connectivity index (χ3v) is 6.36. The van der Waals surface area contributed by atoms with Crippen LogP contribution in [0.2, 0.25) is 0 Å². The van der Waals surface area contributed by atoms with Crippen molar-refractivity contribution in [3.63, 3.8) is 0 Å². The van der Waals surface area contributed by atoms with Crippen LogP contribution >= 0.6 is 0 Å². The summed E-state index contributed by atoms with van der Waals surface area (Å²) in [5, 5.41) is 8.99. The summed E-state index contributed by atoms with van der Waals surface area (Å²) in [4.78, 5) is 4.69. The van der Waals surface area contributed by atoms with E-state index in [1.165, 1.54) is 36.4 Å². The molecule has 0 radical (unpaired) electrons. The first-order valence-corrected chi connectivity index (χ1v) is 10.2. The van der Waals surface area contributed by atoms with Crippen molar-refractivity contribution in [3.8, 4) is 6.07 Å². The number of pyridine rings is 1. The van der Waals surface area contributed by atoms with Crippen LogP contribution < -0.4 is 0 Å². The highest BCUT2D eigenvalue weighted by Gasteiger charge is 2.48. The van der Waals surface area contributed by atoms with E-state index in [0.29, 0.717) is 11.0 Å². The average Bonchev–Trinajstić information content (AvgIpc) is 3.25. The van der Waals surface area contributed by atoms with Gasteiger partial charge in [0.05, 0.1) is 22.2 Å². The zero-order valence-electron chi connectivity index (χ0n) is 14.0. The quantitative estimate of drug-likeness (QED) is 0.843. The molecule has 5 heteroatoms. The first-order valence-electron chi connectivity index (χ1n) is 8.29. The Hall–Kier alpha value is -2.45. The van der Waals surface area contributed by atoms with Crippen molar-refractivity contribution in [2.24, 2.45) is 5.41 Å². The molecule has 0 amide bonds. The Labute approximate surface area is 147 Å². The first kappa shape index (κ1) is 16.0. The molecule has 2 aliphatic carbocycles. The zero-order valence-corrected chi connectivity index (χ0v) is 14.8. The van der Waals surface area contributed by atoms with E-state index in [0.717, 1.165) is 24.1 Å². The highest BCUT2D eigenvalue weighted by Crippen LogP contribution is 2.63. The van der Waals surface area contributed by atoms with Gasteiger partial charge in [0.2, 0.25) is 0 Å². The molecule has 4 rings (SSSR count). The molecule has 2 aliphatic rings. The Morgan fingerprint density at radius 2 is 1.72 bits per heavy atom. The number of hydrogen-bond acceptors (Lipinski definition) is 4.